The van der Waals surface area contributed by atoms with E-state index in [0.29, 0.717) is 13.0 Å². The van der Waals surface area contributed by atoms with Gasteiger partial charge in [-0.1, -0.05) is 33.6 Å². The van der Waals surface area contributed by atoms with Crippen molar-refractivity contribution in [3.63, 3.8) is 0 Å². The molecule has 0 bridgehead atoms. The molecule has 1 aliphatic heterocycles. The Morgan fingerprint density at radius 1 is 1.47 bits per heavy atom. The molecule has 1 unspecified atom stereocenters. The highest BCUT2D eigenvalue weighted by atomic mass is 31.2. The van der Waals surface area contributed by atoms with Crippen molar-refractivity contribution in [3.8, 4) is 0 Å². The van der Waals surface area contributed by atoms with E-state index in [0.717, 1.165) is 19.3 Å². The summed E-state index contributed by atoms with van der Waals surface area (Å²) < 4.78 is 31.0. The Balaban J connectivity index is 1.91. The zero-order valence-corrected chi connectivity index (χ0v) is 18.8. The van der Waals surface area contributed by atoms with Gasteiger partial charge in [0.2, 0.25) is 0 Å². The molecule has 0 radical (unpaired) electrons. The highest BCUT2D eigenvalue weighted by Gasteiger charge is 2.37. The van der Waals surface area contributed by atoms with E-state index in [4.69, 9.17) is 19.7 Å². The van der Waals surface area contributed by atoms with E-state index < -0.39 is 31.3 Å². The molecule has 1 saturated heterocycles. The van der Waals surface area contributed by atoms with E-state index >= 15 is 0 Å². The number of anilines is 1. The summed E-state index contributed by atoms with van der Waals surface area (Å²) in [4.78, 5) is 28.0. The minimum Gasteiger partial charge on any atom is -0.465 e. The number of esters is 1. The quantitative estimate of drug-likeness (QED) is 0.299. The van der Waals surface area contributed by atoms with Crippen LogP contribution in [0.5, 0.6) is 0 Å². The van der Waals surface area contributed by atoms with Gasteiger partial charge in [-0.15, -0.1) is 0 Å². The highest BCUT2D eigenvalue weighted by molar-refractivity contribution is 7.56. The number of hydrogen-bond donors (Lipinski definition) is 2. The number of nitrogens with one attached hydrogen (secondary N) is 1. The van der Waals surface area contributed by atoms with E-state index in [1.54, 1.807) is 0 Å². The van der Waals surface area contributed by atoms with Crippen LogP contribution in [0.1, 0.15) is 46.5 Å². The van der Waals surface area contributed by atoms with E-state index in [2.05, 4.69) is 17.0 Å². The molecule has 10 nitrogen and oxygen atoms in total. The van der Waals surface area contributed by atoms with Crippen molar-refractivity contribution in [3.05, 3.63) is 22.7 Å². The Morgan fingerprint density at radius 2 is 2.23 bits per heavy atom. The molecule has 1 aromatic heterocycles. The first-order valence-corrected chi connectivity index (χ1v) is 12.2. The average molecular weight is 444 g/mol. The van der Waals surface area contributed by atoms with Crippen molar-refractivity contribution in [2.75, 3.05) is 25.3 Å². The monoisotopic (exact) mass is 444 g/mol. The molecule has 11 heteroatoms. The maximum Gasteiger partial charge on any atom is 0.349 e. The molecule has 30 heavy (non-hydrogen) atoms. The Morgan fingerprint density at radius 3 is 2.83 bits per heavy atom. The van der Waals surface area contributed by atoms with Crippen LogP contribution in [0.4, 0.5) is 5.82 Å². The third kappa shape index (κ3) is 7.83. The number of carbonyl (C=O) groups is 1. The fraction of sp³-hybridized carbons (Fsp3) is 0.737. The standard InChI is InChI=1S/C19H33N4O6P/c1-4-5-6-9-27-18(24)16(10-14(2)3)22-30(26)13-28-15(12-29-30)11-23-8-7-17(20)21-19(23)25/h7-8,14-16H,4-6,9-13H2,1-3H3,(H,22,26)(H2,20,21,25)/t15-,16-,30?/m0/s1. The highest BCUT2D eigenvalue weighted by Crippen LogP contribution is 2.46. The van der Waals surface area contributed by atoms with Gasteiger partial charge in [0.1, 0.15) is 24.3 Å². The summed E-state index contributed by atoms with van der Waals surface area (Å²) in [7, 11) is -3.38. The smallest absolute Gasteiger partial charge is 0.349 e. The molecule has 2 rings (SSSR count). The van der Waals surface area contributed by atoms with Crippen LogP contribution in [0.25, 0.3) is 0 Å². The second kappa shape index (κ2) is 11.6. The molecule has 170 valence electrons. The molecule has 0 saturated carbocycles. The summed E-state index contributed by atoms with van der Waals surface area (Å²) in [5, 5.41) is 2.84. The summed E-state index contributed by atoms with van der Waals surface area (Å²) in [6.07, 6.45) is 4.14. The minimum absolute atomic E-state index is 0.0149. The van der Waals surface area contributed by atoms with E-state index in [1.165, 1.54) is 16.8 Å². The lowest BCUT2D eigenvalue weighted by Gasteiger charge is -2.32. The lowest BCUT2D eigenvalue weighted by molar-refractivity contribution is -0.146. The number of rotatable bonds is 11. The Hall–Kier alpha value is -1.74. The summed E-state index contributed by atoms with van der Waals surface area (Å²) in [5.74, 6) is -0.0931. The molecular formula is C19H33N4O6P. The van der Waals surface area contributed by atoms with E-state index in [9.17, 15) is 14.2 Å². The second-order valence-electron chi connectivity index (χ2n) is 7.86. The lowest BCUT2D eigenvalue weighted by atomic mass is 10.1. The molecule has 1 aliphatic rings. The van der Waals surface area contributed by atoms with Crippen LogP contribution in [0, 0.1) is 5.92 Å². The number of carbonyl (C=O) groups excluding carboxylic acids is 1. The fourth-order valence-corrected chi connectivity index (χ4v) is 4.73. The summed E-state index contributed by atoms with van der Waals surface area (Å²) in [6, 6.07) is 0.779. The van der Waals surface area contributed by atoms with E-state index in [1.807, 2.05) is 13.8 Å². The molecule has 0 aromatic carbocycles. The molecule has 3 N–H and O–H groups in total. The number of nitrogens with two attached hydrogens (primary N) is 1. The SMILES string of the molecule is CCCCCOC(=O)[C@H](CC(C)C)NP1(=O)CO[C@@H](Cn2ccc(N)nc2=O)CO1. The first-order chi connectivity index (χ1) is 14.2. The number of nitrogens with zero attached hydrogens (tertiary/aromatic N) is 2. The van der Waals surface area contributed by atoms with Crippen molar-refractivity contribution < 1.29 is 23.4 Å². The summed E-state index contributed by atoms with van der Waals surface area (Å²) >= 11 is 0. The van der Waals surface area contributed by atoms with Crippen LogP contribution in [-0.4, -0.2) is 47.2 Å². The van der Waals surface area contributed by atoms with Crippen molar-refractivity contribution in [2.24, 2.45) is 5.92 Å². The third-order valence-electron chi connectivity index (χ3n) is 4.58. The van der Waals surface area contributed by atoms with Crippen LogP contribution < -0.4 is 16.5 Å². The molecule has 0 amide bonds. The molecule has 0 spiro atoms. The number of hydrogen-bond acceptors (Lipinski definition) is 8. The second-order valence-corrected chi connectivity index (χ2v) is 9.98. The van der Waals surface area contributed by atoms with E-state index in [-0.39, 0.29) is 31.2 Å². The van der Waals surface area contributed by atoms with Gasteiger partial charge in [-0.05, 0) is 24.8 Å². The molecule has 1 aromatic rings. The van der Waals surface area contributed by atoms with Crippen molar-refractivity contribution in [2.45, 2.75) is 65.1 Å². The van der Waals surface area contributed by atoms with Crippen molar-refractivity contribution in [1.29, 1.82) is 0 Å². The summed E-state index contributed by atoms with van der Waals surface area (Å²) in [5.41, 5.74) is 4.99. The molecule has 1 fully saturated rings. The van der Waals surface area contributed by atoms with Crippen LogP contribution in [-0.2, 0) is 29.9 Å². The topological polar surface area (TPSA) is 135 Å². The lowest BCUT2D eigenvalue weighted by Crippen LogP contribution is -2.42. The fourth-order valence-electron chi connectivity index (χ4n) is 3.01. The maximum atomic E-state index is 13.1. The zero-order valence-electron chi connectivity index (χ0n) is 17.9. The predicted octanol–water partition coefficient (Wildman–Crippen LogP) is 2.13. The minimum atomic E-state index is -3.38. The van der Waals surface area contributed by atoms with Gasteiger partial charge in [-0.3, -0.25) is 13.9 Å². The van der Waals surface area contributed by atoms with Gasteiger partial charge in [0.15, 0.2) is 0 Å². The Kier molecular flexibility index (Phi) is 9.48. The number of aromatic nitrogens is 2. The Labute approximate surface area is 177 Å². The first kappa shape index (κ1) is 24.5. The van der Waals surface area contributed by atoms with Gasteiger partial charge in [-0.2, -0.15) is 4.98 Å². The van der Waals surface area contributed by atoms with Gasteiger partial charge in [0.05, 0.1) is 19.8 Å². The van der Waals surface area contributed by atoms with Gasteiger partial charge >= 0.3 is 11.7 Å². The average Bonchev–Trinajstić information content (AvgIpc) is 2.68. The Bertz CT molecular complexity index is 787. The molecule has 2 heterocycles. The zero-order chi connectivity index (χ0) is 22.1. The number of ether oxygens (including phenoxy) is 2. The van der Waals surface area contributed by atoms with Gasteiger partial charge in [0.25, 0.3) is 7.52 Å². The normalized spacial score (nSPS) is 22.7. The van der Waals surface area contributed by atoms with Crippen LogP contribution in [0.3, 0.4) is 0 Å². The van der Waals surface area contributed by atoms with Crippen molar-refractivity contribution >= 4 is 19.3 Å². The first-order valence-electron chi connectivity index (χ1n) is 10.3. The van der Waals surface area contributed by atoms with Crippen LogP contribution in [0.15, 0.2) is 17.1 Å². The van der Waals surface area contributed by atoms with Crippen LogP contribution >= 0.6 is 7.52 Å². The van der Waals surface area contributed by atoms with Crippen LogP contribution in [0.2, 0.25) is 0 Å². The largest absolute Gasteiger partial charge is 0.465 e. The van der Waals surface area contributed by atoms with Gasteiger partial charge in [-0.25, -0.2) is 9.88 Å². The predicted molar refractivity (Wildman–Crippen MR) is 113 cm³/mol. The molecular weight excluding hydrogens is 411 g/mol. The maximum absolute atomic E-state index is 13.1. The third-order valence-corrected chi connectivity index (χ3v) is 6.34. The molecule has 0 aliphatic carbocycles. The van der Waals surface area contributed by atoms with Gasteiger partial charge in [0, 0.05) is 6.20 Å². The van der Waals surface area contributed by atoms with Crippen molar-refractivity contribution in [1.82, 2.24) is 14.6 Å². The number of nitrogen functional groups attached to an aromatic ring is 1. The van der Waals surface area contributed by atoms with Gasteiger partial charge < -0.3 is 19.7 Å². The number of unbranched alkanes of at least 4 members (excludes halogenated alkanes) is 2. The molecule has 3 atom stereocenters. The summed E-state index contributed by atoms with van der Waals surface area (Å²) in [6.45, 7) is 6.58.